The fourth-order valence-electron chi connectivity index (χ4n) is 4.42. The number of hydrogen-bond donors (Lipinski definition) is 1. The molecular formula is C30H33N5O4. The first-order chi connectivity index (χ1) is 18.5. The number of ether oxygens (including phenoxy) is 2. The Morgan fingerprint density at radius 1 is 1.08 bits per heavy atom. The number of anilines is 1. The molecule has 9 heteroatoms. The number of carbonyl (C=O) groups is 2. The highest BCUT2D eigenvalue weighted by molar-refractivity contribution is 5.92. The van der Waals surface area contributed by atoms with Crippen LogP contribution >= 0.6 is 0 Å². The molecule has 0 spiro atoms. The molecule has 1 aliphatic heterocycles. The van der Waals surface area contributed by atoms with E-state index >= 15 is 0 Å². The highest BCUT2D eigenvalue weighted by Crippen LogP contribution is 2.33. The van der Waals surface area contributed by atoms with Gasteiger partial charge in [-0.1, -0.05) is 12.1 Å². The second-order valence-electron chi connectivity index (χ2n) is 10.9. The first-order valence-corrected chi connectivity index (χ1v) is 13.0. The van der Waals surface area contributed by atoms with Gasteiger partial charge < -0.3 is 19.7 Å². The molecule has 0 bridgehead atoms. The molecule has 9 nitrogen and oxygen atoms in total. The molecule has 1 N–H and O–H groups in total. The van der Waals surface area contributed by atoms with Crippen LogP contribution in [0.2, 0.25) is 0 Å². The summed E-state index contributed by atoms with van der Waals surface area (Å²) >= 11 is 0. The van der Waals surface area contributed by atoms with Crippen LogP contribution < -0.4 is 14.8 Å². The molecule has 4 aromatic rings. The molecular weight excluding hydrogens is 494 g/mol. The maximum Gasteiger partial charge on any atom is 0.228 e. The van der Waals surface area contributed by atoms with Crippen LogP contribution in [0.4, 0.5) is 5.69 Å². The zero-order valence-electron chi connectivity index (χ0n) is 22.9. The van der Waals surface area contributed by atoms with Gasteiger partial charge in [-0.05, 0) is 69.2 Å². The number of pyridine rings is 1. The summed E-state index contributed by atoms with van der Waals surface area (Å²) in [6.45, 7) is 10.9. The maximum absolute atomic E-state index is 12.6. The highest BCUT2D eigenvalue weighted by Gasteiger charge is 2.30. The number of likely N-dealkylation sites (tertiary alicyclic amines) is 1. The maximum atomic E-state index is 12.6. The van der Waals surface area contributed by atoms with Gasteiger partial charge in [-0.25, -0.2) is 0 Å². The Labute approximate surface area is 227 Å². The van der Waals surface area contributed by atoms with Crippen LogP contribution in [0, 0.1) is 6.92 Å². The summed E-state index contributed by atoms with van der Waals surface area (Å²) in [5, 5.41) is 8.08. The highest BCUT2D eigenvalue weighted by atomic mass is 16.5. The van der Waals surface area contributed by atoms with Gasteiger partial charge in [-0.15, -0.1) is 0 Å². The zero-order chi connectivity index (χ0) is 27.7. The van der Waals surface area contributed by atoms with Gasteiger partial charge in [-0.2, -0.15) is 5.10 Å². The van der Waals surface area contributed by atoms with E-state index in [1.807, 2.05) is 60.3 Å². The van der Waals surface area contributed by atoms with Crippen LogP contribution in [0.5, 0.6) is 17.2 Å². The Morgan fingerprint density at radius 2 is 1.87 bits per heavy atom. The van der Waals surface area contributed by atoms with Crippen molar-refractivity contribution >= 4 is 28.4 Å². The van der Waals surface area contributed by atoms with Crippen molar-refractivity contribution in [3.05, 3.63) is 72.2 Å². The average Bonchev–Trinajstić information content (AvgIpc) is 3.32. The molecule has 2 aromatic carbocycles. The molecule has 1 aliphatic rings. The molecule has 2 aromatic heterocycles. The summed E-state index contributed by atoms with van der Waals surface area (Å²) in [5.74, 6) is 2.01. The number of hydrogen-bond acceptors (Lipinski definition) is 6. The number of fused-ring (bicyclic) bond motifs is 1. The molecule has 202 valence electrons. The van der Waals surface area contributed by atoms with E-state index in [4.69, 9.17) is 9.47 Å². The minimum atomic E-state index is -0.153. The molecule has 39 heavy (non-hydrogen) atoms. The topological polar surface area (TPSA) is 98.6 Å². The summed E-state index contributed by atoms with van der Waals surface area (Å²) in [6.07, 6.45) is 5.43. The Balaban J connectivity index is 1.26. The normalized spacial score (nSPS) is 13.7. The number of nitrogens with one attached hydrogen (secondary N) is 1. The number of carbonyl (C=O) groups excluding carboxylic acids is 2. The monoisotopic (exact) mass is 527 g/mol. The van der Waals surface area contributed by atoms with Crippen molar-refractivity contribution in [3.8, 4) is 17.2 Å². The first-order valence-electron chi connectivity index (χ1n) is 13.0. The number of rotatable bonds is 7. The van der Waals surface area contributed by atoms with Gasteiger partial charge in [0.15, 0.2) is 0 Å². The lowest BCUT2D eigenvalue weighted by atomic mass is 10.1. The lowest BCUT2D eigenvalue weighted by Crippen LogP contribution is -2.55. The van der Waals surface area contributed by atoms with Gasteiger partial charge in [0.1, 0.15) is 23.4 Å². The van der Waals surface area contributed by atoms with Crippen molar-refractivity contribution in [1.82, 2.24) is 19.7 Å². The molecule has 0 atom stereocenters. The van der Waals surface area contributed by atoms with Gasteiger partial charge in [0.05, 0.1) is 42.5 Å². The van der Waals surface area contributed by atoms with Crippen molar-refractivity contribution in [1.29, 1.82) is 0 Å². The van der Waals surface area contributed by atoms with E-state index in [0.717, 1.165) is 22.0 Å². The van der Waals surface area contributed by atoms with Gasteiger partial charge in [0, 0.05) is 24.7 Å². The Bertz CT molecular complexity index is 1530. The van der Waals surface area contributed by atoms with Gasteiger partial charge in [0.25, 0.3) is 0 Å². The first kappa shape index (κ1) is 26.2. The second kappa shape index (κ2) is 10.4. The fraction of sp³-hybridized carbons (Fsp3) is 0.333. The van der Waals surface area contributed by atoms with Crippen LogP contribution in [0.3, 0.4) is 0 Å². The van der Waals surface area contributed by atoms with Crippen molar-refractivity contribution < 1.29 is 19.1 Å². The molecule has 2 amide bonds. The number of nitrogens with zero attached hydrogens (tertiary/aromatic N) is 4. The fourth-order valence-corrected chi connectivity index (χ4v) is 4.42. The lowest BCUT2D eigenvalue weighted by Gasteiger charge is -2.38. The van der Waals surface area contributed by atoms with E-state index in [0.29, 0.717) is 36.0 Å². The van der Waals surface area contributed by atoms with E-state index in [9.17, 15) is 9.59 Å². The van der Waals surface area contributed by atoms with E-state index in [1.165, 1.54) is 0 Å². The predicted molar refractivity (Wildman–Crippen MR) is 149 cm³/mol. The van der Waals surface area contributed by atoms with Crippen LogP contribution in [0.1, 0.15) is 38.8 Å². The minimum absolute atomic E-state index is 0.0194. The Hall–Kier alpha value is -4.40. The number of aromatic nitrogens is 3. The van der Waals surface area contributed by atoms with Gasteiger partial charge in [0.2, 0.25) is 11.8 Å². The summed E-state index contributed by atoms with van der Waals surface area (Å²) in [6, 6.07) is 13.3. The van der Waals surface area contributed by atoms with E-state index in [1.54, 1.807) is 24.2 Å². The third kappa shape index (κ3) is 6.03. The largest absolute Gasteiger partial charge is 0.487 e. The summed E-state index contributed by atoms with van der Waals surface area (Å²) < 4.78 is 14.2. The molecule has 0 saturated carbocycles. The van der Waals surface area contributed by atoms with Crippen molar-refractivity contribution in [2.45, 2.75) is 52.7 Å². The average molecular weight is 528 g/mol. The predicted octanol–water partition coefficient (Wildman–Crippen LogP) is 5.08. The van der Waals surface area contributed by atoms with Gasteiger partial charge in [-0.3, -0.25) is 19.3 Å². The van der Waals surface area contributed by atoms with E-state index in [2.05, 4.69) is 36.2 Å². The molecule has 1 fully saturated rings. The van der Waals surface area contributed by atoms with Crippen molar-refractivity contribution in [2.75, 3.05) is 18.4 Å². The van der Waals surface area contributed by atoms with Crippen molar-refractivity contribution in [3.63, 3.8) is 0 Å². The third-order valence-electron chi connectivity index (χ3n) is 6.65. The molecule has 5 rings (SSSR count). The zero-order valence-corrected chi connectivity index (χ0v) is 22.9. The summed E-state index contributed by atoms with van der Waals surface area (Å²) in [4.78, 5) is 30.3. The second-order valence-corrected chi connectivity index (χ2v) is 10.9. The van der Waals surface area contributed by atoms with Crippen LogP contribution in [0.25, 0.3) is 10.9 Å². The number of aryl methyl sites for hydroxylation is 1. The molecule has 0 aliphatic carbocycles. The van der Waals surface area contributed by atoms with Gasteiger partial charge >= 0.3 is 0 Å². The lowest BCUT2D eigenvalue weighted by molar-refractivity contribution is -0.137. The van der Waals surface area contributed by atoms with Crippen LogP contribution in [-0.2, 0) is 21.5 Å². The Morgan fingerprint density at radius 3 is 2.56 bits per heavy atom. The number of benzene rings is 2. The van der Waals surface area contributed by atoms with Crippen molar-refractivity contribution in [2.24, 2.45) is 0 Å². The SMILES string of the molecule is CC(=O)N1CC(Oc2ccc3nccc(Oc4ccc(CC(=O)Nc5cnn(C(C)(C)C)c5)cc4C)c3c2)C1. The summed E-state index contributed by atoms with van der Waals surface area (Å²) in [7, 11) is 0. The smallest absolute Gasteiger partial charge is 0.228 e. The molecule has 0 radical (unpaired) electrons. The quantitative estimate of drug-likeness (QED) is 0.360. The third-order valence-corrected chi connectivity index (χ3v) is 6.65. The number of amides is 2. The molecule has 3 heterocycles. The summed E-state index contributed by atoms with van der Waals surface area (Å²) in [5.41, 5.74) is 3.11. The standard InChI is InChI=1S/C30H33N5O4/c1-19-12-21(13-29(37)33-22-15-32-35(16-22)30(3,4)5)6-9-27(19)39-28-10-11-31-26-8-7-23(14-25(26)28)38-24-17-34(18-24)20(2)36/h6-12,14-16,24H,13,17-18H2,1-5H3,(H,33,37). The minimum Gasteiger partial charge on any atom is -0.487 e. The van der Waals surface area contributed by atoms with E-state index < -0.39 is 0 Å². The van der Waals surface area contributed by atoms with E-state index in [-0.39, 0.29) is 29.9 Å². The van der Waals surface area contributed by atoms with Crippen LogP contribution in [0.15, 0.2) is 61.1 Å². The molecule has 0 unspecified atom stereocenters. The molecule has 1 saturated heterocycles. The van der Waals surface area contributed by atoms with Crippen LogP contribution in [-0.4, -0.2) is 50.7 Å². The Kier molecular flexibility index (Phi) is 6.99.